The van der Waals surface area contributed by atoms with Crippen molar-refractivity contribution in [1.29, 1.82) is 0 Å². The Morgan fingerprint density at radius 1 is 1.45 bits per heavy atom. The van der Waals surface area contributed by atoms with Crippen molar-refractivity contribution in [2.75, 3.05) is 0 Å². The molecule has 0 spiro atoms. The molecule has 2 N–H and O–H groups in total. The van der Waals surface area contributed by atoms with Crippen molar-refractivity contribution < 1.29 is 4.79 Å². The predicted molar refractivity (Wildman–Crippen MR) is 95.5 cm³/mol. The first-order valence-corrected chi connectivity index (χ1v) is 8.13. The largest absolute Gasteiger partial charge is 0.366 e. The Labute approximate surface area is 135 Å². The number of aromatic nitrogens is 1. The van der Waals surface area contributed by atoms with Crippen LogP contribution in [-0.4, -0.2) is 10.9 Å². The third kappa shape index (κ3) is 3.77. The van der Waals surface area contributed by atoms with Crippen molar-refractivity contribution in [3.05, 3.63) is 59.7 Å². The molecule has 1 unspecified atom stereocenters. The highest BCUT2D eigenvalue weighted by atomic mass is 32.2. The van der Waals surface area contributed by atoms with Crippen molar-refractivity contribution >= 4 is 33.5 Å². The minimum absolute atomic E-state index is 0.451. The number of allylic oxidation sites excluding steroid dienone is 1. The van der Waals surface area contributed by atoms with Crippen LogP contribution in [0.25, 0.3) is 15.8 Å². The molecule has 0 fully saturated rings. The van der Waals surface area contributed by atoms with Crippen LogP contribution in [0.4, 0.5) is 0 Å². The van der Waals surface area contributed by atoms with Gasteiger partial charge in [-0.3, -0.25) is 4.79 Å². The molecule has 1 atom stereocenters. The van der Waals surface area contributed by atoms with E-state index in [2.05, 4.69) is 31.5 Å². The lowest BCUT2D eigenvalue weighted by Gasteiger charge is -2.08. The highest BCUT2D eigenvalue weighted by Crippen LogP contribution is 2.29. The molecule has 0 aliphatic heterocycles. The topological polar surface area (TPSA) is 56.0 Å². The number of benzene rings is 1. The summed E-state index contributed by atoms with van der Waals surface area (Å²) in [6.45, 7) is 8.37. The third-order valence-corrected chi connectivity index (χ3v) is 4.32. The van der Waals surface area contributed by atoms with E-state index in [1.54, 1.807) is 6.07 Å². The summed E-state index contributed by atoms with van der Waals surface area (Å²) >= 11 is 1.51. The molecule has 3 nitrogen and oxygen atoms in total. The molecule has 1 aromatic heterocycles. The second kappa shape index (κ2) is 7.27. The SMILES string of the molecule is C=C(S/C=C\C(C)CC)c1cc(C(N)=O)c2ccccc2n1. The third-order valence-electron chi connectivity index (χ3n) is 3.53. The number of para-hydroxylation sites is 1. The van der Waals surface area contributed by atoms with E-state index >= 15 is 0 Å². The Morgan fingerprint density at radius 2 is 2.18 bits per heavy atom. The number of primary amides is 1. The molecule has 2 rings (SSSR count). The molecule has 1 heterocycles. The van der Waals surface area contributed by atoms with Crippen LogP contribution in [-0.2, 0) is 0 Å². The van der Waals surface area contributed by atoms with E-state index in [1.165, 1.54) is 11.8 Å². The standard InChI is InChI=1S/C18H20N2OS/c1-4-12(2)9-10-22-13(3)17-11-15(18(19)21)14-7-5-6-8-16(14)20-17/h5-12H,3-4H2,1-2H3,(H2,19,21)/b10-9-. The molecule has 1 aromatic carbocycles. The molecule has 1 amide bonds. The first kappa shape index (κ1) is 16.3. The Kier molecular flexibility index (Phi) is 5.39. The van der Waals surface area contributed by atoms with Crippen molar-refractivity contribution in [2.24, 2.45) is 11.7 Å². The number of pyridine rings is 1. The highest BCUT2D eigenvalue weighted by Gasteiger charge is 2.11. The molecule has 0 radical (unpaired) electrons. The maximum atomic E-state index is 11.7. The van der Waals surface area contributed by atoms with Gasteiger partial charge in [0.05, 0.1) is 16.8 Å². The number of thioether (sulfide) groups is 1. The summed E-state index contributed by atoms with van der Waals surface area (Å²) < 4.78 is 0. The van der Waals surface area contributed by atoms with Gasteiger partial charge in [-0.05, 0) is 23.5 Å². The fraction of sp³-hybridized carbons (Fsp3) is 0.222. The normalized spacial score (nSPS) is 12.6. The fourth-order valence-corrected chi connectivity index (χ4v) is 2.71. The zero-order chi connectivity index (χ0) is 16.1. The molecule has 2 aromatic rings. The number of hydrogen-bond donors (Lipinski definition) is 1. The summed E-state index contributed by atoms with van der Waals surface area (Å²) in [5.41, 5.74) is 7.41. The minimum Gasteiger partial charge on any atom is -0.366 e. The number of carbonyl (C=O) groups is 1. The summed E-state index contributed by atoms with van der Waals surface area (Å²) in [7, 11) is 0. The Hall–Kier alpha value is -2.07. The quantitative estimate of drug-likeness (QED) is 0.848. The molecule has 0 aliphatic carbocycles. The van der Waals surface area contributed by atoms with Crippen molar-refractivity contribution in [2.45, 2.75) is 20.3 Å². The van der Waals surface area contributed by atoms with Crippen LogP contribution in [0.2, 0.25) is 0 Å². The molecule has 0 bridgehead atoms. The van der Waals surface area contributed by atoms with Gasteiger partial charge in [-0.2, -0.15) is 0 Å². The lowest BCUT2D eigenvalue weighted by molar-refractivity contribution is 0.100. The van der Waals surface area contributed by atoms with Crippen LogP contribution in [0.3, 0.4) is 0 Å². The average molecular weight is 312 g/mol. The van der Waals surface area contributed by atoms with E-state index in [-0.39, 0.29) is 0 Å². The van der Waals surface area contributed by atoms with E-state index in [0.29, 0.717) is 17.2 Å². The molecule has 0 saturated heterocycles. The van der Waals surface area contributed by atoms with Gasteiger partial charge in [0, 0.05) is 10.3 Å². The number of nitrogens with zero attached hydrogens (tertiary/aromatic N) is 1. The summed E-state index contributed by atoms with van der Waals surface area (Å²) in [6, 6.07) is 9.21. The minimum atomic E-state index is -0.451. The number of nitrogens with two attached hydrogens (primary N) is 1. The van der Waals surface area contributed by atoms with Crippen LogP contribution >= 0.6 is 11.8 Å². The molecule has 0 saturated carbocycles. The van der Waals surface area contributed by atoms with Crippen LogP contribution in [0.15, 0.2) is 48.4 Å². The summed E-state index contributed by atoms with van der Waals surface area (Å²) in [6.07, 6.45) is 3.25. The van der Waals surface area contributed by atoms with Crippen LogP contribution in [0, 0.1) is 5.92 Å². The molecular formula is C18H20N2OS. The first-order chi connectivity index (χ1) is 10.5. The number of hydrogen-bond acceptors (Lipinski definition) is 3. The maximum absolute atomic E-state index is 11.7. The van der Waals surface area contributed by atoms with E-state index in [1.807, 2.05) is 29.7 Å². The van der Waals surface area contributed by atoms with E-state index in [9.17, 15) is 4.79 Å². The molecule has 4 heteroatoms. The van der Waals surface area contributed by atoms with Gasteiger partial charge >= 0.3 is 0 Å². The monoisotopic (exact) mass is 312 g/mol. The highest BCUT2D eigenvalue weighted by molar-refractivity contribution is 8.10. The summed E-state index contributed by atoms with van der Waals surface area (Å²) in [5.74, 6) is 0.0823. The van der Waals surface area contributed by atoms with Gasteiger partial charge in [-0.1, -0.05) is 62.9 Å². The fourth-order valence-electron chi connectivity index (χ4n) is 1.97. The van der Waals surface area contributed by atoms with Gasteiger partial charge in [-0.25, -0.2) is 4.98 Å². The smallest absolute Gasteiger partial charge is 0.249 e. The second-order valence-electron chi connectivity index (χ2n) is 5.19. The van der Waals surface area contributed by atoms with Gasteiger partial charge in [0.1, 0.15) is 0 Å². The van der Waals surface area contributed by atoms with Gasteiger partial charge < -0.3 is 5.73 Å². The lowest BCUT2D eigenvalue weighted by atomic mass is 10.1. The number of amides is 1. The number of rotatable bonds is 6. The van der Waals surface area contributed by atoms with Gasteiger partial charge in [-0.15, -0.1) is 0 Å². The van der Waals surface area contributed by atoms with Crippen LogP contribution in [0.5, 0.6) is 0 Å². The van der Waals surface area contributed by atoms with Crippen molar-refractivity contribution in [1.82, 2.24) is 4.98 Å². The first-order valence-electron chi connectivity index (χ1n) is 7.25. The van der Waals surface area contributed by atoms with Crippen molar-refractivity contribution in [3.63, 3.8) is 0 Å². The zero-order valence-corrected chi connectivity index (χ0v) is 13.7. The van der Waals surface area contributed by atoms with Crippen LogP contribution < -0.4 is 5.73 Å². The Bertz CT molecular complexity index is 737. The number of fused-ring (bicyclic) bond motifs is 1. The number of carbonyl (C=O) groups excluding carboxylic acids is 1. The van der Waals surface area contributed by atoms with E-state index < -0.39 is 5.91 Å². The average Bonchev–Trinajstić information content (AvgIpc) is 2.53. The lowest BCUT2D eigenvalue weighted by Crippen LogP contribution is -2.12. The van der Waals surface area contributed by atoms with Gasteiger partial charge in [0.25, 0.3) is 0 Å². The zero-order valence-electron chi connectivity index (χ0n) is 12.9. The molecule has 0 aliphatic rings. The van der Waals surface area contributed by atoms with E-state index in [4.69, 9.17) is 5.73 Å². The summed E-state index contributed by atoms with van der Waals surface area (Å²) in [4.78, 5) is 17.0. The maximum Gasteiger partial charge on any atom is 0.249 e. The van der Waals surface area contributed by atoms with Crippen molar-refractivity contribution in [3.8, 4) is 0 Å². The van der Waals surface area contributed by atoms with Gasteiger partial charge in [0.2, 0.25) is 5.91 Å². The molecule has 22 heavy (non-hydrogen) atoms. The van der Waals surface area contributed by atoms with Gasteiger partial charge in [0.15, 0.2) is 0 Å². The Balaban J connectivity index is 2.33. The second-order valence-corrected chi connectivity index (χ2v) is 6.19. The predicted octanol–water partition coefficient (Wildman–Crippen LogP) is 4.60. The Morgan fingerprint density at radius 3 is 2.86 bits per heavy atom. The van der Waals surface area contributed by atoms with E-state index in [0.717, 1.165) is 22.2 Å². The van der Waals surface area contributed by atoms with Crippen LogP contribution in [0.1, 0.15) is 36.3 Å². The molecular weight excluding hydrogens is 292 g/mol. The summed E-state index contributed by atoms with van der Waals surface area (Å²) in [5, 5.41) is 2.80. The molecule has 114 valence electrons.